The molecule has 4 rings (SSSR count). The van der Waals surface area contributed by atoms with Crippen LogP contribution in [0.3, 0.4) is 0 Å². The number of aromatic nitrogens is 2. The first-order chi connectivity index (χ1) is 11.7. The van der Waals surface area contributed by atoms with Gasteiger partial charge in [0.15, 0.2) is 0 Å². The fraction of sp³-hybridized carbons (Fsp3) is 0.235. The van der Waals surface area contributed by atoms with Crippen molar-refractivity contribution >= 4 is 17.2 Å². The van der Waals surface area contributed by atoms with Gasteiger partial charge in [0.2, 0.25) is 17.6 Å². The summed E-state index contributed by atoms with van der Waals surface area (Å²) in [6, 6.07) is 10.3. The highest BCUT2D eigenvalue weighted by Gasteiger charge is 2.34. The molecule has 0 radical (unpaired) electrons. The molecular formula is C17H14FN3O2S. The minimum absolute atomic E-state index is 0.0286. The fourth-order valence-corrected chi connectivity index (χ4v) is 3.48. The van der Waals surface area contributed by atoms with Crippen molar-refractivity contribution in [3.05, 3.63) is 59.0 Å². The van der Waals surface area contributed by atoms with E-state index in [1.807, 2.05) is 17.5 Å². The van der Waals surface area contributed by atoms with E-state index in [2.05, 4.69) is 10.1 Å². The molecule has 1 saturated heterocycles. The smallest absolute Gasteiger partial charge is 0.232 e. The van der Waals surface area contributed by atoms with E-state index in [9.17, 15) is 9.18 Å². The van der Waals surface area contributed by atoms with Gasteiger partial charge in [0.25, 0.3) is 0 Å². The molecule has 1 atom stereocenters. The number of hydrogen-bond acceptors (Lipinski definition) is 5. The summed E-state index contributed by atoms with van der Waals surface area (Å²) in [5, 5.41) is 5.93. The Morgan fingerprint density at radius 3 is 2.96 bits per heavy atom. The van der Waals surface area contributed by atoms with Gasteiger partial charge in [-0.15, -0.1) is 11.3 Å². The van der Waals surface area contributed by atoms with Crippen molar-refractivity contribution in [1.82, 2.24) is 15.0 Å². The van der Waals surface area contributed by atoms with Crippen molar-refractivity contribution in [3.63, 3.8) is 0 Å². The number of rotatable bonds is 4. The largest absolute Gasteiger partial charge is 0.339 e. The zero-order valence-electron chi connectivity index (χ0n) is 12.7. The maximum absolute atomic E-state index is 13.8. The molecule has 0 bridgehead atoms. The van der Waals surface area contributed by atoms with Crippen molar-refractivity contribution in [2.75, 3.05) is 6.54 Å². The molecule has 0 aliphatic carbocycles. The molecule has 5 nitrogen and oxygen atoms in total. The number of hydrogen-bond donors (Lipinski definition) is 0. The van der Waals surface area contributed by atoms with Crippen LogP contribution in [0.5, 0.6) is 0 Å². The molecular weight excluding hydrogens is 329 g/mol. The van der Waals surface area contributed by atoms with Crippen LogP contribution in [0.25, 0.3) is 10.7 Å². The molecule has 0 saturated carbocycles. The highest BCUT2D eigenvalue weighted by atomic mass is 32.1. The summed E-state index contributed by atoms with van der Waals surface area (Å²) in [4.78, 5) is 19.2. The summed E-state index contributed by atoms with van der Waals surface area (Å²) in [6.45, 7) is 0.715. The monoisotopic (exact) mass is 343 g/mol. The Labute approximate surface area is 141 Å². The summed E-state index contributed by atoms with van der Waals surface area (Å²) in [5.74, 6) is 0.527. The Morgan fingerprint density at radius 1 is 1.29 bits per heavy atom. The van der Waals surface area contributed by atoms with E-state index in [1.165, 1.54) is 17.4 Å². The van der Waals surface area contributed by atoms with Gasteiger partial charge in [-0.05, 0) is 17.5 Å². The van der Waals surface area contributed by atoms with Crippen molar-refractivity contribution in [3.8, 4) is 10.7 Å². The quantitative estimate of drug-likeness (QED) is 0.728. The van der Waals surface area contributed by atoms with Gasteiger partial charge in [-0.25, -0.2) is 4.39 Å². The predicted octanol–water partition coefficient (Wildman–Crippen LogP) is 3.45. The Hall–Kier alpha value is -2.54. The van der Waals surface area contributed by atoms with Gasteiger partial charge >= 0.3 is 0 Å². The van der Waals surface area contributed by atoms with Crippen LogP contribution in [-0.2, 0) is 11.3 Å². The summed E-state index contributed by atoms with van der Waals surface area (Å²) < 4.78 is 19.1. The van der Waals surface area contributed by atoms with Gasteiger partial charge in [0.1, 0.15) is 5.82 Å². The second-order valence-electron chi connectivity index (χ2n) is 5.70. The summed E-state index contributed by atoms with van der Waals surface area (Å²) in [7, 11) is 0. The molecule has 0 spiro atoms. The lowest BCUT2D eigenvalue weighted by molar-refractivity contribution is -0.128. The van der Waals surface area contributed by atoms with E-state index in [0.29, 0.717) is 30.2 Å². The van der Waals surface area contributed by atoms with E-state index < -0.39 is 0 Å². The lowest BCUT2D eigenvalue weighted by Gasteiger charge is -2.16. The van der Waals surface area contributed by atoms with Crippen LogP contribution < -0.4 is 0 Å². The summed E-state index contributed by atoms with van der Waals surface area (Å²) >= 11 is 1.53. The first kappa shape index (κ1) is 15.0. The summed E-state index contributed by atoms with van der Waals surface area (Å²) in [5.41, 5.74) is 0.510. The molecule has 1 amide bonds. The van der Waals surface area contributed by atoms with Gasteiger partial charge in [-0.3, -0.25) is 4.79 Å². The molecule has 1 aromatic carbocycles. The van der Waals surface area contributed by atoms with E-state index in [-0.39, 0.29) is 24.2 Å². The zero-order valence-corrected chi connectivity index (χ0v) is 13.5. The molecule has 24 heavy (non-hydrogen) atoms. The molecule has 7 heteroatoms. The first-order valence-corrected chi connectivity index (χ1v) is 8.47. The lowest BCUT2D eigenvalue weighted by Crippen LogP contribution is -2.24. The van der Waals surface area contributed by atoms with Crippen LogP contribution >= 0.6 is 11.3 Å². The second-order valence-corrected chi connectivity index (χ2v) is 6.65. The van der Waals surface area contributed by atoms with Gasteiger partial charge < -0.3 is 9.42 Å². The maximum atomic E-state index is 13.8. The highest BCUT2D eigenvalue weighted by molar-refractivity contribution is 7.13. The standard InChI is InChI=1S/C17H14FN3O2S/c18-13-5-2-1-4-11(13)9-21-10-12(8-15(21)22)17-19-16(20-23-17)14-6-3-7-24-14/h1-7,12H,8-10H2/t12-/m1/s1. The van der Waals surface area contributed by atoms with Crippen LogP contribution in [-0.4, -0.2) is 27.5 Å². The average Bonchev–Trinajstić information content (AvgIpc) is 3.30. The van der Waals surface area contributed by atoms with Gasteiger partial charge in [-0.1, -0.05) is 29.4 Å². The van der Waals surface area contributed by atoms with Gasteiger partial charge in [-0.2, -0.15) is 4.98 Å². The van der Waals surface area contributed by atoms with Crippen LogP contribution in [0.2, 0.25) is 0 Å². The van der Waals surface area contributed by atoms with Crippen LogP contribution in [0.15, 0.2) is 46.3 Å². The number of thiophene rings is 1. The SMILES string of the molecule is O=C1C[C@@H](c2nc(-c3cccs3)no2)CN1Cc1ccccc1F. The average molecular weight is 343 g/mol. The Balaban J connectivity index is 1.49. The highest BCUT2D eigenvalue weighted by Crippen LogP contribution is 2.30. The molecule has 0 unspecified atom stereocenters. The number of benzene rings is 1. The Morgan fingerprint density at radius 2 is 2.17 bits per heavy atom. The third kappa shape index (κ3) is 2.82. The lowest BCUT2D eigenvalue weighted by atomic mass is 10.1. The molecule has 1 aliphatic heterocycles. The van der Waals surface area contributed by atoms with E-state index in [0.717, 1.165) is 4.88 Å². The molecule has 3 aromatic rings. The number of carbonyl (C=O) groups excluding carboxylic acids is 1. The maximum Gasteiger partial charge on any atom is 0.232 e. The zero-order chi connectivity index (χ0) is 16.5. The topological polar surface area (TPSA) is 59.2 Å². The van der Waals surface area contributed by atoms with E-state index in [4.69, 9.17) is 4.52 Å². The molecule has 122 valence electrons. The van der Waals surface area contributed by atoms with Crippen LogP contribution in [0.1, 0.15) is 23.8 Å². The van der Waals surface area contributed by atoms with Crippen molar-refractivity contribution in [1.29, 1.82) is 0 Å². The van der Waals surface area contributed by atoms with Crippen molar-refractivity contribution < 1.29 is 13.7 Å². The van der Waals surface area contributed by atoms with Crippen LogP contribution in [0, 0.1) is 5.82 Å². The fourth-order valence-electron chi connectivity index (χ4n) is 2.83. The first-order valence-electron chi connectivity index (χ1n) is 7.59. The van der Waals surface area contributed by atoms with Gasteiger partial charge in [0, 0.05) is 25.1 Å². The molecule has 1 fully saturated rings. The molecule has 1 aliphatic rings. The van der Waals surface area contributed by atoms with Gasteiger partial charge in [0.05, 0.1) is 10.8 Å². The Kier molecular flexibility index (Phi) is 3.86. The molecule has 0 N–H and O–H groups in total. The molecule has 2 aromatic heterocycles. The third-order valence-corrected chi connectivity index (χ3v) is 4.93. The van der Waals surface area contributed by atoms with E-state index >= 15 is 0 Å². The third-order valence-electron chi connectivity index (χ3n) is 4.07. The Bertz CT molecular complexity index is 862. The number of halogens is 1. The summed E-state index contributed by atoms with van der Waals surface area (Å²) in [6.07, 6.45) is 0.306. The number of likely N-dealkylation sites (tertiary alicyclic amines) is 1. The number of amides is 1. The van der Waals surface area contributed by atoms with Crippen molar-refractivity contribution in [2.45, 2.75) is 18.9 Å². The predicted molar refractivity (Wildman–Crippen MR) is 86.8 cm³/mol. The molecule has 3 heterocycles. The normalized spacial score (nSPS) is 17.6. The van der Waals surface area contributed by atoms with E-state index in [1.54, 1.807) is 23.1 Å². The minimum Gasteiger partial charge on any atom is -0.339 e. The van der Waals surface area contributed by atoms with Crippen LogP contribution in [0.4, 0.5) is 4.39 Å². The minimum atomic E-state index is -0.300. The second kappa shape index (κ2) is 6.16. The number of nitrogens with zero attached hydrogens (tertiary/aromatic N) is 3. The van der Waals surface area contributed by atoms with Crippen molar-refractivity contribution in [2.24, 2.45) is 0 Å². The number of carbonyl (C=O) groups is 1.